The average molecular weight is 1470 g/mol. The summed E-state index contributed by atoms with van der Waals surface area (Å²) in [4.78, 5) is 77.4. The molecule has 20 rings (SSSR count). The maximum absolute atomic E-state index is 15.1. The number of carbonyl (C=O) groups excluding carboxylic acids is 5. The highest BCUT2D eigenvalue weighted by molar-refractivity contribution is 7.80. The predicted molar refractivity (Wildman–Crippen MR) is 397 cm³/mol. The molecule has 6 aromatic carbocycles. The van der Waals surface area contributed by atoms with Crippen LogP contribution in [0.15, 0.2) is 82.8 Å². The van der Waals surface area contributed by atoms with E-state index in [0.29, 0.717) is 134 Å². The van der Waals surface area contributed by atoms with Gasteiger partial charge in [-0.2, -0.15) is 12.6 Å². The highest BCUT2D eigenvalue weighted by atomic mass is 32.1. The van der Waals surface area contributed by atoms with Crippen molar-refractivity contribution in [2.24, 2.45) is 38.7 Å². The van der Waals surface area contributed by atoms with Crippen molar-refractivity contribution in [2.75, 3.05) is 107 Å². The molecule has 0 spiro atoms. The number of guanidine groups is 2. The van der Waals surface area contributed by atoms with Crippen molar-refractivity contribution < 1.29 is 80.8 Å². The van der Waals surface area contributed by atoms with Crippen LogP contribution in [0.5, 0.6) is 69.0 Å². The first-order valence-electron chi connectivity index (χ1n) is 35.0. The van der Waals surface area contributed by atoms with Crippen LogP contribution in [0.2, 0.25) is 0 Å². The molecule has 29 heteroatoms. The van der Waals surface area contributed by atoms with Gasteiger partial charge in [-0.05, 0) is 223 Å². The van der Waals surface area contributed by atoms with E-state index in [4.69, 9.17) is 85.5 Å². The summed E-state index contributed by atoms with van der Waals surface area (Å²) in [5.74, 6) is 2.75. The van der Waals surface area contributed by atoms with Gasteiger partial charge in [0, 0.05) is 18.8 Å². The Kier molecular flexibility index (Phi) is 27.4. The van der Waals surface area contributed by atoms with Crippen molar-refractivity contribution in [3.8, 4) is 69.0 Å². The highest BCUT2D eigenvalue weighted by Crippen LogP contribution is 2.44. The smallest absolute Gasteiger partial charge is 0.260 e. The van der Waals surface area contributed by atoms with E-state index in [-0.39, 0.29) is 108 Å². The van der Waals surface area contributed by atoms with Gasteiger partial charge in [0.1, 0.15) is 70.3 Å². The number of ether oxygens (including phenoxy) is 12. The minimum Gasteiger partial charge on any atom is -0.493 e. The molecule has 2 aliphatic carbocycles. The number of thiol groups is 1. The predicted octanol–water partition coefficient (Wildman–Crippen LogP) is 4.88. The normalized spacial score (nSPS) is 14.5. The summed E-state index contributed by atoms with van der Waals surface area (Å²) in [5, 5.41) is 6.52. The molecule has 0 saturated carbocycles. The molecular formula is C76H95N11O17S. The van der Waals surface area contributed by atoms with Crippen molar-refractivity contribution in [3.63, 3.8) is 0 Å². The van der Waals surface area contributed by atoms with E-state index in [1.165, 1.54) is 0 Å². The zero-order valence-corrected chi connectivity index (χ0v) is 60.9. The lowest BCUT2D eigenvalue weighted by atomic mass is 9.94. The van der Waals surface area contributed by atoms with Crippen LogP contribution in [0.1, 0.15) is 112 Å². The molecule has 14 aliphatic rings. The monoisotopic (exact) mass is 1470 g/mol. The molecule has 6 aromatic rings. The van der Waals surface area contributed by atoms with E-state index >= 15 is 4.79 Å². The number of nitrogens with zero attached hydrogens (tertiary/aromatic N) is 3. The van der Waals surface area contributed by atoms with Gasteiger partial charge in [0.2, 0.25) is 5.91 Å². The first kappa shape index (κ1) is 77.1. The van der Waals surface area contributed by atoms with Crippen LogP contribution < -0.4 is 102 Å². The molecule has 0 saturated heterocycles. The van der Waals surface area contributed by atoms with Gasteiger partial charge in [-0.3, -0.25) is 29.4 Å². The second-order valence-electron chi connectivity index (χ2n) is 25.7. The molecule has 0 fully saturated rings. The molecule has 3 amide bonds. The summed E-state index contributed by atoms with van der Waals surface area (Å²) in [6.45, 7) is 0.480. The Labute approximate surface area is 615 Å². The molecule has 18 bridgehead atoms. The van der Waals surface area contributed by atoms with Crippen molar-refractivity contribution in [1.29, 1.82) is 0 Å². The van der Waals surface area contributed by atoms with Gasteiger partial charge >= 0.3 is 0 Å². The summed E-state index contributed by atoms with van der Waals surface area (Å²) in [5.41, 5.74) is 42.3. The van der Waals surface area contributed by atoms with Gasteiger partial charge in [-0.1, -0.05) is 6.42 Å². The largest absolute Gasteiger partial charge is 0.493 e. The number of hydrogen-bond donors (Lipinski definition) is 9. The lowest BCUT2D eigenvalue weighted by Crippen LogP contribution is -2.63. The third kappa shape index (κ3) is 19.9. The van der Waals surface area contributed by atoms with Gasteiger partial charge in [-0.25, -0.2) is 5.43 Å². The highest BCUT2D eigenvalue weighted by Gasteiger charge is 2.35. The van der Waals surface area contributed by atoms with Crippen LogP contribution in [0.4, 0.5) is 0 Å². The van der Waals surface area contributed by atoms with E-state index in [9.17, 15) is 19.2 Å². The molecule has 4 atom stereocenters. The second-order valence-corrected chi connectivity index (χ2v) is 26.1. The summed E-state index contributed by atoms with van der Waals surface area (Å²) in [7, 11) is 8.04. The molecule has 105 heavy (non-hydrogen) atoms. The summed E-state index contributed by atoms with van der Waals surface area (Å²) < 4.78 is 76.9. The van der Waals surface area contributed by atoms with Crippen molar-refractivity contribution in [3.05, 3.63) is 140 Å². The van der Waals surface area contributed by atoms with Crippen LogP contribution in [0.3, 0.4) is 0 Å². The molecule has 0 radical (unpaired) electrons. The van der Waals surface area contributed by atoms with Gasteiger partial charge in [0.15, 0.2) is 87.5 Å². The van der Waals surface area contributed by atoms with E-state index < -0.39 is 48.5 Å². The van der Waals surface area contributed by atoms with Crippen LogP contribution >= 0.6 is 12.6 Å². The molecule has 562 valence electrons. The Morgan fingerprint density at radius 1 is 0.467 bits per heavy atom. The molecular weight excluding hydrogens is 1370 g/mol. The lowest BCUT2D eigenvalue weighted by Gasteiger charge is -2.35. The SMILES string of the molecule is COc1cc2c3cc1OCCOc1cc4c(cc1OC)Cc1cc5c(OC)cc1Cc1cc(c(OCC(=O)NC(CS)C(=O)N(NC(CCCCN)C(=O)NC(C=O)CCCN=C(N)N)C(C=O)CCCN=C(N)N)cc1C4)OCCOc1cc(c(cc1OC)Cc1cc(c(OC)cc1C3)OCCO5)C2. The molecule has 0 aromatic heterocycles. The standard InChI is InChI=1S/C76H95N11O17S/c1-93-60-28-44-22-49-33-66-61(94-2)29-45(49)24-51-35-68-62(95-3)30-46(51)23-50(44)34-65(60)98-16-17-100-67-36-52-25-47-31-63(96-4)69(101-19-18-99-66)37-53(47)27-55-39-71(70(103-21-20-102-68)38-54(55)26-48(52)32-64(67)97-5)104-42-72(90)85-59(43-105)74(92)87(57(41-89)11-9-15-83-76(80)81)86-58(12-6-7-13-77)73(91)84-56(40-88)10-8-14-82-75(78)79/h28-41,56-59,86,105H,6-27,42-43,77H2,1-5H3,(H,84,91)(H,85,90)(H4,78,79,82)(H4,80,81,83). The molecule has 4 unspecified atom stereocenters. The van der Waals surface area contributed by atoms with Crippen LogP contribution in [0.25, 0.3) is 0 Å². The zero-order chi connectivity index (χ0) is 74.5. The summed E-state index contributed by atoms with van der Waals surface area (Å²) >= 11 is 4.54. The Morgan fingerprint density at radius 3 is 1.13 bits per heavy atom. The summed E-state index contributed by atoms with van der Waals surface area (Å²) in [6, 6.07) is 19.0. The van der Waals surface area contributed by atoms with Crippen LogP contribution in [-0.4, -0.2) is 179 Å². The fourth-order valence-corrected chi connectivity index (χ4v) is 13.5. The Balaban J connectivity index is 1.04. The summed E-state index contributed by atoms with van der Waals surface area (Å²) in [6.07, 6.45) is 5.53. The van der Waals surface area contributed by atoms with Crippen molar-refractivity contribution in [2.45, 2.75) is 108 Å². The van der Waals surface area contributed by atoms with E-state index in [2.05, 4.69) is 38.7 Å². The third-order valence-electron chi connectivity index (χ3n) is 18.6. The number of aldehydes is 2. The zero-order valence-electron chi connectivity index (χ0n) is 60.0. The van der Waals surface area contributed by atoms with Gasteiger partial charge in [0.25, 0.3) is 11.8 Å². The quantitative estimate of drug-likeness (QED) is 0.00723. The number of nitrogens with two attached hydrogens (primary N) is 5. The van der Waals surface area contributed by atoms with E-state index in [0.717, 1.165) is 71.8 Å². The number of hydrazine groups is 1. The number of methoxy groups -OCH3 is 5. The minimum absolute atomic E-state index is 0.0155. The van der Waals surface area contributed by atoms with Gasteiger partial charge < -0.3 is 106 Å². The number of unbranched alkanes of at least 4 members (excludes halogenated alkanes) is 1. The lowest BCUT2D eigenvalue weighted by molar-refractivity contribution is -0.146. The number of hydrogen-bond acceptors (Lipinski definition) is 22. The number of aliphatic imine (C=N–C) groups is 2. The van der Waals surface area contributed by atoms with E-state index in [1.54, 1.807) is 35.5 Å². The Hall–Kier alpha value is -10.5. The molecule has 12 aliphatic heterocycles. The Bertz CT molecular complexity index is 4140. The fourth-order valence-electron chi connectivity index (χ4n) is 13.3. The second kappa shape index (κ2) is 37.3. The van der Waals surface area contributed by atoms with E-state index in [1.807, 2.05) is 72.8 Å². The number of benzene rings is 6. The third-order valence-corrected chi connectivity index (χ3v) is 19.0. The molecule has 28 nitrogen and oxygen atoms in total. The number of carbonyl (C=O) groups is 5. The first-order chi connectivity index (χ1) is 51.0. The minimum atomic E-state index is -1.42. The van der Waals surface area contributed by atoms with Gasteiger partial charge in [0.05, 0.1) is 41.6 Å². The van der Waals surface area contributed by atoms with Crippen molar-refractivity contribution in [1.82, 2.24) is 21.1 Å². The Morgan fingerprint density at radius 2 is 0.810 bits per heavy atom. The fraction of sp³-hybridized carbons (Fsp3) is 0.434. The van der Waals surface area contributed by atoms with Gasteiger partial charge in [-0.15, -0.1) is 0 Å². The topological polar surface area (TPSA) is 390 Å². The molecule has 13 N–H and O–H groups in total. The maximum atomic E-state index is 15.1. The van der Waals surface area contributed by atoms with Crippen LogP contribution in [0, 0.1) is 0 Å². The average Bonchev–Trinajstić information content (AvgIpc) is 1.71. The maximum Gasteiger partial charge on any atom is 0.260 e. The molecule has 12 heterocycles. The van der Waals surface area contributed by atoms with Crippen molar-refractivity contribution >= 4 is 54.8 Å². The van der Waals surface area contributed by atoms with Crippen LogP contribution in [-0.2, 0) is 62.5 Å². The first-order valence-corrected chi connectivity index (χ1v) is 35.7. The number of nitrogens with one attached hydrogen (secondary N) is 3. The number of rotatable bonds is 30. The number of amides is 3.